The molecule has 0 amide bonds. The van der Waals surface area contributed by atoms with E-state index in [1.807, 2.05) is 0 Å². The molecule has 0 unspecified atom stereocenters. The van der Waals surface area contributed by atoms with Crippen LogP contribution < -0.4 is 0 Å². The molecule has 0 radical (unpaired) electrons. The zero-order chi connectivity index (χ0) is 9.42. The molecule has 0 saturated heterocycles. The van der Waals surface area contributed by atoms with Crippen LogP contribution in [-0.2, 0) is 0 Å². The Balaban J connectivity index is 2.58. The fourth-order valence-corrected chi connectivity index (χ4v) is 1.65. The smallest absolute Gasteiger partial charge is 0.150 e. The van der Waals surface area contributed by atoms with Gasteiger partial charge < -0.3 is 0 Å². The van der Waals surface area contributed by atoms with Crippen LogP contribution in [0.3, 0.4) is 0 Å². The molecule has 1 aliphatic carbocycles. The summed E-state index contributed by atoms with van der Waals surface area (Å²) in [5.74, 6) is 0.449. The number of hydrogen-bond donors (Lipinski definition) is 0. The Morgan fingerprint density at radius 2 is 2.33 bits per heavy atom. The monoisotopic (exact) mass is 225 g/mol. The van der Waals surface area contributed by atoms with Crippen LogP contribution in [0.15, 0.2) is 22.6 Å². The second-order valence-corrected chi connectivity index (χ2v) is 3.92. The SMILES string of the molecule is [2H]c1c(Br)ccc(C=O)c1C1CC1. The van der Waals surface area contributed by atoms with Gasteiger partial charge in [-0.15, -0.1) is 0 Å². The van der Waals surface area contributed by atoms with Crippen molar-refractivity contribution in [2.45, 2.75) is 18.8 Å². The van der Waals surface area contributed by atoms with Crippen LogP contribution in [0.2, 0.25) is 0 Å². The lowest BCUT2D eigenvalue weighted by Gasteiger charge is -2.02. The molecule has 2 heteroatoms. The van der Waals surface area contributed by atoms with Crippen LogP contribution in [0.25, 0.3) is 0 Å². The maximum atomic E-state index is 10.7. The summed E-state index contributed by atoms with van der Waals surface area (Å²) in [5.41, 5.74) is 1.60. The first-order valence-electron chi connectivity index (χ1n) is 4.48. The summed E-state index contributed by atoms with van der Waals surface area (Å²) in [7, 11) is 0. The van der Waals surface area contributed by atoms with Crippen molar-refractivity contribution in [3.05, 3.63) is 33.8 Å². The van der Waals surface area contributed by atoms with E-state index in [2.05, 4.69) is 15.9 Å². The van der Waals surface area contributed by atoms with E-state index in [1.54, 1.807) is 12.1 Å². The van der Waals surface area contributed by atoms with E-state index in [9.17, 15) is 4.79 Å². The van der Waals surface area contributed by atoms with E-state index in [0.717, 1.165) is 29.2 Å². The Labute approximate surface area is 81.3 Å². The second-order valence-electron chi connectivity index (χ2n) is 3.07. The summed E-state index contributed by atoms with van der Waals surface area (Å²) in [6.45, 7) is 0. The summed E-state index contributed by atoms with van der Waals surface area (Å²) in [6.07, 6.45) is 3.07. The van der Waals surface area contributed by atoms with Crippen LogP contribution in [0.5, 0.6) is 0 Å². The van der Waals surface area contributed by atoms with Crippen molar-refractivity contribution in [1.29, 1.82) is 0 Å². The first-order valence-corrected chi connectivity index (χ1v) is 4.77. The van der Waals surface area contributed by atoms with E-state index < -0.39 is 0 Å². The molecule has 62 valence electrons. The number of halogens is 1. The van der Waals surface area contributed by atoms with Crippen LogP contribution in [-0.4, -0.2) is 6.29 Å². The minimum Gasteiger partial charge on any atom is -0.298 e. The third-order valence-corrected chi connectivity index (χ3v) is 2.55. The minimum absolute atomic E-state index is 0.449. The van der Waals surface area contributed by atoms with E-state index in [1.165, 1.54) is 0 Å². The topological polar surface area (TPSA) is 17.1 Å². The third-order valence-electron chi connectivity index (χ3n) is 2.09. The number of rotatable bonds is 2. The number of carbonyl (C=O) groups is 1. The van der Waals surface area contributed by atoms with Gasteiger partial charge in [-0.25, -0.2) is 0 Å². The number of benzene rings is 1. The zero-order valence-electron chi connectivity index (χ0n) is 7.51. The molecule has 0 spiro atoms. The van der Waals surface area contributed by atoms with Crippen molar-refractivity contribution in [2.24, 2.45) is 0 Å². The third kappa shape index (κ3) is 1.44. The Morgan fingerprint density at radius 3 is 2.92 bits per heavy atom. The molecule has 1 aromatic rings. The molecule has 0 bridgehead atoms. The summed E-state index contributed by atoms with van der Waals surface area (Å²) < 4.78 is 8.58. The number of carbonyl (C=O) groups excluding carboxylic acids is 1. The van der Waals surface area contributed by atoms with Gasteiger partial charge in [0.15, 0.2) is 0 Å². The van der Waals surface area contributed by atoms with Crippen molar-refractivity contribution >= 4 is 22.2 Å². The van der Waals surface area contributed by atoms with Gasteiger partial charge in [0.1, 0.15) is 6.29 Å². The van der Waals surface area contributed by atoms with Gasteiger partial charge in [0, 0.05) is 10.0 Å². The van der Waals surface area contributed by atoms with Crippen molar-refractivity contribution in [1.82, 2.24) is 0 Å². The normalized spacial score (nSPS) is 17.2. The predicted octanol–water partition coefficient (Wildman–Crippen LogP) is 3.14. The molecule has 0 N–H and O–H groups in total. The lowest BCUT2D eigenvalue weighted by molar-refractivity contribution is 0.112. The second kappa shape index (κ2) is 3.02. The van der Waals surface area contributed by atoms with Gasteiger partial charge in [-0.05, 0) is 36.4 Å². The van der Waals surface area contributed by atoms with Gasteiger partial charge in [0.05, 0.1) is 1.37 Å². The van der Waals surface area contributed by atoms with Crippen molar-refractivity contribution in [3.8, 4) is 0 Å². The molecule has 2 rings (SSSR count). The van der Waals surface area contributed by atoms with Gasteiger partial charge in [-0.1, -0.05) is 22.0 Å². The highest BCUT2D eigenvalue weighted by Gasteiger charge is 2.25. The van der Waals surface area contributed by atoms with Gasteiger partial charge in [0.2, 0.25) is 0 Å². The molecular formula is C10H9BrO. The minimum atomic E-state index is 0.449. The molecule has 0 atom stereocenters. The Bertz CT molecular complexity index is 358. The molecule has 0 aromatic heterocycles. The standard InChI is InChI=1S/C10H9BrO/c11-9-4-3-8(6-12)10(5-9)7-1-2-7/h3-7H,1-2H2/i5D. The van der Waals surface area contributed by atoms with E-state index in [4.69, 9.17) is 1.37 Å². The summed E-state index contributed by atoms with van der Waals surface area (Å²) in [6, 6.07) is 4.02. The molecule has 1 aromatic carbocycles. The van der Waals surface area contributed by atoms with Crippen LogP contribution in [0.1, 0.15) is 36.1 Å². The first kappa shape index (κ1) is 6.84. The van der Waals surface area contributed by atoms with Gasteiger partial charge in [-0.2, -0.15) is 0 Å². The highest BCUT2D eigenvalue weighted by Crippen LogP contribution is 2.42. The van der Waals surface area contributed by atoms with Gasteiger partial charge in [0.25, 0.3) is 0 Å². The van der Waals surface area contributed by atoms with Crippen LogP contribution in [0, 0.1) is 0 Å². The lowest BCUT2D eigenvalue weighted by Crippen LogP contribution is -1.89. The fraction of sp³-hybridized carbons (Fsp3) is 0.300. The average molecular weight is 226 g/mol. The molecule has 0 aliphatic heterocycles. The highest BCUT2D eigenvalue weighted by molar-refractivity contribution is 9.10. The van der Waals surface area contributed by atoms with Gasteiger partial charge in [-0.3, -0.25) is 4.79 Å². The average Bonchev–Trinajstić information content (AvgIpc) is 2.92. The molecular weight excluding hydrogens is 216 g/mol. The van der Waals surface area contributed by atoms with E-state index >= 15 is 0 Å². The van der Waals surface area contributed by atoms with E-state index in [-0.39, 0.29) is 0 Å². The van der Waals surface area contributed by atoms with Crippen molar-refractivity contribution < 1.29 is 6.17 Å². The lowest BCUT2D eigenvalue weighted by atomic mass is 10.0. The number of hydrogen-bond acceptors (Lipinski definition) is 1. The Kier molecular flexibility index (Phi) is 1.72. The maximum Gasteiger partial charge on any atom is 0.150 e. The van der Waals surface area contributed by atoms with Crippen molar-refractivity contribution in [3.63, 3.8) is 0 Å². The quantitative estimate of drug-likeness (QED) is 0.708. The van der Waals surface area contributed by atoms with Gasteiger partial charge >= 0.3 is 0 Å². The molecule has 1 aliphatic rings. The van der Waals surface area contributed by atoms with Crippen LogP contribution >= 0.6 is 15.9 Å². The largest absolute Gasteiger partial charge is 0.298 e. The number of aldehydes is 1. The summed E-state index contributed by atoms with van der Waals surface area (Å²) >= 11 is 3.30. The van der Waals surface area contributed by atoms with Crippen molar-refractivity contribution in [2.75, 3.05) is 0 Å². The predicted molar refractivity (Wildman–Crippen MR) is 51.5 cm³/mol. The highest BCUT2D eigenvalue weighted by atomic mass is 79.9. The first-order chi connectivity index (χ1) is 6.24. The Morgan fingerprint density at radius 1 is 1.58 bits per heavy atom. The van der Waals surface area contributed by atoms with Crippen LogP contribution in [0.4, 0.5) is 0 Å². The molecule has 1 nitrogen and oxygen atoms in total. The summed E-state index contributed by atoms with van der Waals surface area (Å²) in [5, 5.41) is 0. The summed E-state index contributed by atoms with van der Waals surface area (Å²) in [4.78, 5) is 10.7. The van der Waals surface area contributed by atoms with E-state index in [0.29, 0.717) is 17.5 Å². The Hall–Kier alpha value is -0.630. The fourth-order valence-electron chi connectivity index (χ4n) is 1.31. The molecule has 1 fully saturated rings. The molecule has 12 heavy (non-hydrogen) atoms. The molecule has 1 saturated carbocycles. The molecule has 0 heterocycles. The zero-order valence-corrected chi connectivity index (χ0v) is 8.10. The maximum absolute atomic E-state index is 10.7.